The average Bonchev–Trinajstić information content (AvgIpc) is 2.96. The van der Waals surface area contributed by atoms with Gasteiger partial charge in [0.25, 0.3) is 0 Å². The highest BCUT2D eigenvalue weighted by Gasteiger charge is 2.27. The van der Waals surface area contributed by atoms with Crippen LogP contribution in [0, 0.1) is 0 Å². The molecule has 2 unspecified atom stereocenters. The van der Waals surface area contributed by atoms with Gasteiger partial charge in [0, 0.05) is 25.4 Å². The van der Waals surface area contributed by atoms with E-state index >= 15 is 0 Å². The monoisotopic (exact) mass is 264 g/mol. The Kier molecular flexibility index (Phi) is 4.27. The van der Waals surface area contributed by atoms with Crippen LogP contribution in [0.25, 0.3) is 0 Å². The standard InChI is InChI=1S/C15H26N3O/c1-12(2)16-8-9-17(11-16)13(3)10-14(4)18-7-5-6-15(18)19/h8-9,11-14H,5-7,10H2,1-4H3/q+1. The highest BCUT2D eigenvalue weighted by atomic mass is 16.2. The highest BCUT2D eigenvalue weighted by Crippen LogP contribution is 2.18. The molecular formula is C15H26N3O+. The molecule has 1 aliphatic heterocycles. The van der Waals surface area contributed by atoms with Crippen LogP contribution in [0.4, 0.5) is 0 Å². The lowest BCUT2D eigenvalue weighted by atomic mass is 10.1. The first-order chi connectivity index (χ1) is 8.99. The smallest absolute Gasteiger partial charge is 0.244 e. The minimum Gasteiger partial charge on any atom is -0.340 e. The van der Waals surface area contributed by atoms with Crippen molar-refractivity contribution in [3.05, 3.63) is 18.7 Å². The predicted octanol–water partition coefficient (Wildman–Crippen LogP) is 2.32. The van der Waals surface area contributed by atoms with Gasteiger partial charge in [0.2, 0.25) is 12.2 Å². The molecule has 19 heavy (non-hydrogen) atoms. The summed E-state index contributed by atoms with van der Waals surface area (Å²) in [6.07, 6.45) is 9.17. The summed E-state index contributed by atoms with van der Waals surface area (Å²) in [4.78, 5) is 13.8. The molecule has 0 radical (unpaired) electrons. The Balaban J connectivity index is 1.95. The van der Waals surface area contributed by atoms with Crippen LogP contribution in [0.1, 0.15) is 59.0 Å². The molecule has 1 saturated heterocycles. The number of carbonyl (C=O) groups is 1. The zero-order valence-corrected chi connectivity index (χ0v) is 12.5. The third kappa shape index (κ3) is 3.17. The largest absolute Gasteiger partial charge is 0.340 e. The predicted molar refractivity (Wildman–Crippen MR) is 74.7 cm³/mol. The quantitative estimate of drug-likeness (QED) is 0.750. The molecule has 0 aliphatic carbocycles. The van der Waals surface area contributed by atoms with E-state index in [1.54, 1.807) is 0 Å². The number of likely N-dealkylation sites (tertiary alicyclic amines) is 1. The summed E-state index contributed by atoms with van der Waals surface area (Å²) in [6.45, 7) is 9.69. The number of hydrogen-bond acceptors (Lipinski definition) is 1. The molecule has 0 aromatic carbocycles. The fraction of sp³-hybridized carbons (Fsp3) is 0.733. The van der Waals surface area contributed by atoms with Crippen LogP contribution in [-0.4, -0.2) is 28.0 Å². The Hall–Kier alpha value is -1.32. The van der Waals surface area contributed by atoms with Crippen molar-refractivity contribution in [2.24, 2.45) is 0 Å². The van der Waals surface area contributed by atoms with Crippen LogP contribution < -0.4 is 4.57 Å². The Morgan fingerprint density at radius 2 is 2.05 bits per heavy atom. The van der Waals surface area contributed by atoms with Gasteiger partial charge < -0.3 is 4.90 Å². The van der Waals surface area contributed by atoms with Gasteiger partial charge in [-0.05, 0) is 34.1 Å². The SMILES string of the molecule is CC(CC(C)[n+]1ccn(C(C)C)c1)N1CCCC1=O. The lowest BCUT2D eigenvalue weighted by Gasteiger charge is -2.25. The van der Waals surface area contributed by atoms with Crippen LogP contribution in [0.15, 0.2) is 18.7 Å². The molecule has 1 aromatic heterocycles. The number of aromatic nitrogens is 2. The summed E-state index contributed by atoms with van der Waals surface area (Å²) in [7, 11) is 0. The second kappa shape index (κ2) is 5.76. The maximum absolute atomic E-state index is 11.7. The van der Waals surface area contributed by atoms with Crippen LogP contribution in [-0.2, 0) is 4.79 Å². The number of nitrogens with zero attached hydrogens (tertiary/aromatic N) is 3. The van der Waals surface area contributed by atoms with E-state index in [2.05, 4.69) is 55.6 Å². The average molecular weight is 264 g/mol. The summed E-state index contributed by atoms with van der Waals surface area (Å²) in [6, 6.07) is 1.24. The van der Waals surface area contributed by atoms with Gasteiger partial charge in [-0.3, -0.25) is 4.79 Å². The number of hydrogen-bond donors (Lipinski definition) is 0. The van der Waals surface area contributed by atoms with E-state index in [0.29, 0.717) is 24.0 Å². The highest BCUT2D eigenvalue weighted by molar-refractivity contribution is 5.78. The topological polar surface area (TPSA) is 29.1 Å². The lowest BCUT2D eigenvalue weighted by Crippen LogP contribution is -2.42. The number of rotatable bonds is 5. The second-order valence-electron chi connectivity index (χ2n) is 6.03. The fourth-order valence-electron chi connectivity index (χ4n) is 2.83. The molecule has 2 atom stereocenters. The molecule has 1 aromatic rings. The van der Waals surface area contributed by atoms with Crippen molar-refractivity contribution in [1.29, 1.82) is 0 Å². The third-order valence-electron chi connectivity index (χ3n) is 4.11. The summed E-state index contributed by atoms with van der Waals surface area (Å²) in [5.74, 6) is 0.324. The van der Waals surface area contributed by atoms with Crippen molar-refractivity contribution in [2.45, 2.75) is 65.1 Å². The number of amides is 1. The lowest BCUT2D eigenvalue weighted by molar-refractivity contribution is -0.720. The van der Waals surface area contributed by atoms with E-state index < -0.39 is 0 Å². The summed E-state index contributed by atoms with van der Waals surface area (Å²) >= 11 is 0. The number of carbonyl (C=O) groups excluding carboxylic acids is 1. The minimum atomic E-state index is 0.324. The van der Waals surface area contributed by atoms with Crippen LogP contribution in [0.3, 0.4) is 0 Å². The molecule has 2 rings (SSSR count). The first-order valence-corrected chi connectivity index (χ1v) is 7.36. The second-order valence-corrected chi connectivity index (χ2v) is 6.03. The van der Waals surface area contributed by atoms with Crippen molar-refractivity contribution < 1.29 is 9.36 Å². The van der Waals surface area contributed by atoms with E-state index in [0.717, 1.165) is 25.8 Å². The Bertz CT molecular complexity index is 438. The van der Waals surface area contributed by atoms with Gasteiger partial charge in [0.15, 0.2) is 0 Å². The molecule has 106 valence electrons. The van der Waals surface area contributed by atoms with Crippen molar-refractivity contribution in [3.8, 4) is 0 Å². The summed E-state index contributed by atoms with van der Waals surface area (Å²) in [5.41, 5.74) is 0. The van der Waals surface area contributed by atoms with Gasteiger partial charge >= 0.3 is 0 Å². The van der Waals surface area contributed by atoms with E-state index in [1.165, 1.54) is 0 Å². The van der Waals surface area contributed by atoms with Crippen molar-refractivity contribution in [2.75, 3.05) is 6.54 Å². The molecule has 4 nitrogen and oxygen atoms in total. The van der Waals surface area contributed by atoms with Crippen LogP contribution >= 0.6 is 0 Å². The van der Waals surface area contributed by atoms with Crippen molar-refractivity contribution in [1.82, 2.24) is 9.47 Å². The maximum Gasteiger partial charge on any atom is 0.244 e. The Morgan fingerprint density at radius 3 is 2.58 bits per heavy atom. The van der Waals surface area contributed by atoms with Gasteiger partial charge in [0.1, 0.15) is 12.4 Å². The molecule has 0 bridgehead atoms. The van der Waals surface area contributed by atoms with Gasteiger partial charge in [-0.25, -0.2) is 9.13 Å². The van der Waals surface area contributed by atoms with Gasteiger partial charge in [0.05, 0.1) is 12.1 Å². The number of imidazole rings is 1. The zero-order chi connectivity index (χ0) is 14.0. The molecular weight excluding hydrogens is 238 g/mol. The molecule has 2 heterocycles. The normalized spacial score (nSPS) is 19.2. The Labute approximate surface area is 116 Å². The molecule has 1 amide bonds. The van der Waals surface area contributed by atoms with Crippen molar-refractivity contribution in [3.63, 3.8) is 0 Å². The Morgan fingerprint density at radius 1 is 1.32 bits per heavy atom. The van der Waals surface area contributed by atoms with Gasteiger partial charge in [-0.15, -0.1) is 0 Å². The third-order valence-corrected chi connectivity index (χ3v) is 4.11. The van der Waals surface area contributed by atoms with E-state index in [1.807, 2.05) is 4.90 Å². The fourth-order valence-corrected chi connectivity index (χ4v) is 2.83. The first kappa shape index (κ1) is 14.1. The maximum atomic E-state index is 11.7. The summed E-state index contributed by atoms with van der Waals surface area (Å²) < 4.78 is 4.46. The van der Waals surface area contributed by atoms with Crippen LogP contribution in [0.5, 0.6) is 0 Å². The van der Waals surface area contributed by atoms with E-state index in [4.69, 9.17) is 0 Å². The van der Waals surface area contributed by atoms with E-state index in [-0.39, 0.29) is 0 Å². The van der Waals surface area contributed by atoms with Gasteiger partial charge in [-0.2, -0.15) is 0 Å². The van der Waals surface area contributed by atoms with Crippen molar-refractivity contribution >= 4 is 5.91 Å². The molecule has 0 saturated carbocycles. The first-order valence-electron chi connectivity index (χ1n) is 7.36. The molecule has 1 aliphatic rings. The minimum absolute atomic E-state index is 0.324. The molecule has 4 heteroatoms. The van der Waals surface area contributed by atoms with Gasteiger partial charge in [-0.1, -0.05) is 0 Å². The van der Waals surface area contributed by atoms with E-state index in [9.17, 15) is 4.79 Å². The molecule has 0 N–H and O–H groups in total. The summed E-state index contributed by atoms with van der Waals surface area (Å²) in [5, 5.41) is 0. The zero-order valence-electron chi connectivity index (χ0n) is 12.5. The molecule has 1 fully saturated rings. The molecule has 0 spiro atoms. The van der Waals surface area contributed by atoms with Crippen LogP contribution in [0.2, 0.25) is 0 Å².